The van der Waals surface area contributed by atoms with E-state index in [9.17, 15) is 0 Å². The van der Waals surface area contributed by atoms with Gasteiger partial charge in [-0.3, -0.25) is 0 Å². The van der Waals surface area contributed by atoms with Crippen molar-refractivity contribution in [2.45, 2.75) is 12.8 Å². The van der Waals surface area contributed by atoms with Crippen molar-refractivity contribution < 1.29 is 9.47 Å². The van der Waals surface area contributed by atoms with Crippen LogP contribution in [-0.4, -0.2) is 33.5 Å². The van der Waals surface area contributed by atoms with Crippen LogP contribution in [0.5, 0.6) is 0 Å². The molecule has 0 aliphatic heterocycles. The van der Waals surface area contributed by atoms with Gasteiger partial charge in [0.05, 0.1) is 24.6 Å². The highest BCUT2D eigenvalue weighted by Gasteiger charge is 1.98. The molecule has 0 aliphatic rings. The molecule has 0 unspecified atom stereocenters. The van der Waals surface area contributed by atoms with Gasteiger partial charge in [-0.05, 0) is 31.0 Å². The van der Waals surface area contributed by atoms with Gasteiger partial charge in [0.2, 0.25) is 0 Å². The molecule has 102 valence electrons. The van der Waals surface area contributed by atoms with Gasteiger partial charge in [-0.1, -0.05) is 11.6 Å². The van der Waals surface area contributed by atoms with Crippen molar-refractivity contribution in [2.75, 3.05) is 44.5 Å². The van der Waals surface area contributed by atoms with E-state index in [0.717, 1.165) is 31.7 Å². The summed E-state index contributed by atoms with van der Waals surface area (Å²) < 4.78 is 10.3. The van der Waals surface area contributed by atoms with Gasteiger partial charge in [0.1, 0.15) is 0 Å². The highest BCUT2D eigenvalue weighted by atomic mass is 35.5. The summed E-state index contributed by atoms with van der Waals surface area (Å²) in [5, 5.41) is 3.94. The molecule has 18 heavy (non-hydrogen) atoms. The number of rotatable bonds is 9. The third kappa shape index (κ3) is 6.10. The number of halogens is 1. The molecule has 0 aromatic heterocycles. The maximum atomic E-state index is 5.83. The molecule has 1 aromatic carbocycles. The largest absolute Gasteiger partial charge is 0.397 e. The lowest BCUT2D eigenvalue weighted by atomic mass is 10.2. The molecular weight excluding hydrogens is 252 g/mol. The molecule has 0 bridgehead atoms. The fourth-order valence-electron chi connectivity index (χ4n) is 1.49. The van der Waals surface area contributed by atoms with Crippen molar-refractivity contribution in [3.05, 3.63) is 23.2 Å². The van der Waals surface area contributed by atoms with Crippen molar-refractivity contribution in [3.8, 4) is 0 Å². The molecule has 0 heterocycles. The summed E-state index contributed by atoms with van der Waals surface area (Å²) in [7, 11) is 1.67. The van der Waals surface area contributed by atoms with E-state index in [1.165, 1.54) is 0 Å². The quantitative estimate of drug-likeness (QED) is 0.536. The molecule has 0 amide bonds. The molecule has 0 aliphatic carbocycles. The maximum Gasteiger partial charge on any atom is 0.0700 e. The van der Waals surface area contributed by atoms with Crippen LogP contribution in [0.1, 0.15) is 12.8 Å². The summed E-state index contributed by atoms with van der Waals surface area (Å²) >= 11 is 5.83. The lowest BCUT2D eigenvalue weighted by Crippen LogP contribution is -2.07. The van der Waals surface area contributed by atoms with Gasteiger partial charge >= 0.3 is 0 Å². The summed E-state index contributed by atoms with van der Waals surface area (Å²) in [5.74, 6) is 0. The zero-order chi connectivity index (χ0) is 13.2. The monoisotopic (exact) mass is 272 g/mol. The topological polar surface area (TPSA) is 56.5 Å². The Morgan fingerprint density at radius 2 is 2.06 bits per heavy atom. The average Bonchev–Trinajstić information content (AvgIpc) is 2.35. The third-order valence-corrected chi connectivity index (χ3v) is 2.71. The van der Waals surface area contributed by atoms with Crippen molar-refractivity contribution >= 4 is 23.0 Å². The number of benzene rings is 1. The SMILES string of the molecule is COCCOCCCCNc1ccc(Cl)cc1N. The van der Waals surface area contributed by atoms with E-state index in [1.807, 2.05) is 12.1 Å². The van der Waals surface area contributed by atoms with E-state index in [0.29, 0.717) is 23.9 Å². The van der Waals surface area contributed by atoms with E-state index >= 15 is 0 Å². The number of nitrogens with two attached hydrogens (primary N) is 1. The predicted molar refractivity (Wildman–Crippen MR) is 76.3 cm³/mol. The molecule has 0 radical (unpaired) electrons. The number of unbranched alkanes of at least 4 members (excludes halogenated alkanes) is 1. The molecule has 0 spiro atoms. The first-order chi connectivity index (χ1) is 8.74. The molecule has 1 rings (SSSR count). The van der Waals surface area contributed by atoms with E-state index < -0.39 is 0 Å². The number of hydrogen-bond acceptors (Lipinski definition) is 4. The van der Waals surface area contributed by atoms with E-state index in [1.54, 1.807) is 13.2 Å². The summed E-state index contributed by atoms with van der Waals surface area (Å²) in [6.45, 7) is 2.95. The standard InChI is InChI=1S/C13H21ClN2O2/c1-17-8-9-18-7-3-2-6-16-13-5-4-11(14)10-12(13)15/h4-5,10,16H,2-3,6-9,15H2,1H3. The van der Waals surface area contributed by atoms with Gasteiger partial charge in [-0.2, -0.15) is 0 Å². The fourth-order valence-corrected chi connectivity index (χ4v) is 1.67. The Hall–Kier alpha value is -0.970. The Morgan fingerprint density at radius 3 is 2.78 bits per heavy atom. The predicted octanol–water partition coefficient (Wildman–Crippen LogP) is 2.78. The van der Waals surface area contributed by atoms with Crippen LogP contribution in [0.15, 0.2) is 18.2 Å². The van der Waals surface area contributed by atoms with Gasteiger partial charge in [0.25, 0.3) is 0 Å². The van der Waals surface area contributed by atoms with Crippen molar-refractivity contribution in [3.63, 3.8) is 0 Å². The smallest absolute Gasteiger partial charge is 0.0700 e. The Kier molecular flexibility index (Phi) is 7.57. The Morgan fingerprint density at radius 1 is 1.22 bits per heavy atom. The summed E-state index contributed by atoms with van der Waals surface area (Å²) in [6.07, 6.45) is 2.05. The highest BCUT2D eigenvalue weighted by Crippen LogP contribution is 2.22. The lowest BCUT2D eigenvalue weighted by Gasteiger charge is -2.09. The minimum absolute atomic E-state index is 0.652. The first-order valence-corrected chi connectivity index (χ1v) is 6.47. The van der Waals surface area contributed by atoms with Crippen molar-refractivity contribution in [1.29, 1.82) is 0 Å². The van der Waals surface area contributed by atoms with Crippen LogP contribution in [-0.2, 0) is 9.47 Å². The number of anilines is 2. The van der Waals surface area contributed by atoms with E-state index in [-0.39, 0.29) is 0 Å². The summed E-state index contributed by atoms with van der Waals surface area (Å²) in [4.78, 5) is 0. The van der Waals surface area contributed by atoms with Crippen LogP contribution in [0.4, 0.5) is 11.4 Å². The van der Waals surface area contributed by atoms with Gasteiger partial charge < -0.3 is 20.5 Å². The zero-order valence-electron chi connectivity index (χ0n) is 10.7. The summed E-state index contributed by atoms with van der Waals surface area (Å²) in [6, 6.07) is 5.47. The van der Waals surface area contributed by atoms with Crippen molar-refractivity contribution in [1.82, 2.24) is 0 Å². The Bertz CT molecular complexity index is 348. The number of nitrogen functional groups attached to an aromatic ring is 1. The van der Waals surface area contributed by atoms with E-state index in [4.69, 9.17) is 26.8 Å². The fraction of sp³-hybridized carbons (Fsp3) is 0.538. The average molecular weight is 273 g/mol. The van der Waals surface area contributed by atoms with Crippen LogP contribution in [0.3, 0.4) is 0 Å². The van der Waals surface area contributed by atoms with Crippen LogP contribution < -0.4 is 11.1 Å². The van der Waals surface area contributed by atoms with Gasteiger partial charge in [-0.25, -0.2) is 0 Å². The number of methoxy groups -OCH3 is 1. The molecule has 0 atom stereocenters. The molecule has 5 heteroatoms. The van der Waals surface area contributed by atoms with Gasteiger partial charge in [-0.15, -0.1) is 0 Å². The third-order valence-electron chi connectivity index (χ3n) is 2.48. The lowest BCUT2D eigenvalue weighted by molar-refractivity contribution is 0.0691. The second-order valence-corrected chi connectivity index (χ2v) is 4.41. The minimum Gasteiger partial charge on any atom is -0.397 e. The molecule has 4 nitrogen and oxygen atoms in total. The summed E-state index contributed by atoms with van der Waals surface area (Å²) in [5.41, 5.74) is 7.44. The zero-order valence-corrected chi connectivity index (χ0v) is 11.5. The highest BCUT2D eigenvalue weighted by molar-refractivity contribution is 6.31. The maximum absolute atomic E-state index is 5.83. The molecule has 1 aromatic rings. The molecular formula is C13H21ClN2O2. The second-order valence-electron chi connectivity index (χ2n) is 3.97. The number of ether oxygens (including phenoxy) is 2. The van der Waals surface area contributed by atoms with Crippen LogP contribution >= 0.6 is 11.6 Å². The normalized spacial score (nSPS) is 10.6. The van der Waals surface area contributed by atoms with E-state index in [2.05, 4.69) is 5.32 Å². The molecule has 0 saturated carbocycles. The van der Waals surface area contributed by atoms with Crippen LogP contribution in [0.2, 0.25) is 5.02 Å². The van der Waals surface area contributed by atoms with Crippen LogP contribution in [0, 0.1) is 0 Å². The van der Waals surface area contributed by atoms with Gasteiger partial charge in [0, 0.05) is 25.3 Å². The second kappa shape index (κ2) is 9.03. The number of nitrogens with one attached hydrogen (secondary N) is 1. The Balaban J connectivity index is 2.07. The molecule has 0 fully saturated rings. The van der Waals surface area contributed by atoms with Crippen LogP contribution in [0.25, 0.3) is 0 Å². The minimum atomic E-state index is 0.652. The number of hydrogen-bond donors (Lipinski definition) is 2. The molecule has 3 N–H and O–H groups in total. The molecule has 0 saturated heterocycles. The Labute approximate surface area is 113 Å². The first-order valence-electron chi connectivity index (χ1n) is 6.09. The van der Waals surface area contributed by atoms with Crippen molar-refractivity contribution in [2.24, 2.45) is 0 Å². The van der Waals surface area contributed by atoms with Gasteiger partial charge in [0.15, 0.2) is 0 Å². The first kappa shape index (κ1) is 15.1.